The molecule has 1 aliphatic heterocycles. The number of benzene rings is 1. The molecular formula is C15H18N2. The number of aromatic nitrogens is 1. The Labute approximate surface area is 102 Å². The summed E-state index contributed by atoms with van der Waals surface area (Å²) in [4.78, 5) is 4.43. The molecule has 1 aromatic carbocycles. The van der Waals surface area contributed by atoms with Crippen LogP contribution in [0.4, 0.5) is 0 Å². The normalized spacial score (nSPS) is 21.3. The Balaban J connectivity index is 2.03. The van der Waals surface area contributed by atoms with Crippen molar-refractivity contribution in [2.45, 2.75) is 31.7 Å². The Hall–Kier alpha value is -1.41. The van der Waals surface area contributed by atoms with Crippen molar-refractivity contribution in [3.63, 3.8) is 0 Å². The second-order valence-electron chi connectivity index (χ2n) is 4.77. The Bertz CT molecular complexity index is 494. The molecule has 2 heteroatoms. The van der Waals surface area contributed by atoms with E-state index in [0.717, 1.165) is 12.1 Å². The third-order valence-corrected chi connectivity index (χ3v) is 3.62. The zero-order chi connectivity index (χ0) is 11.5. The lowest BCUT2D eigenvalue weighted by Gasteiger charge is -2.18. The molecule has 0 aliphatic carbocycles. The fourth-order valence-corrected chi connectivity index (χ4v) is 2.72. The Morgan fingerprint density at radius 1 is 1.06 bits per heavy atom. The van der Waals surface area contributed by atoms with Crippen LogP contribution in [0.25, 0.3) is 10.9 Å². The van der Waals surface area contributed by atoms with Gasteiger partial charge < -0.3 is 5.32 Å². The van der Waals surface area contributed by atoms with Gasteiger partial charge in [0.15, 0.2) is 0 Å². The van der Waals surface area contributed by atoms with Crippen LogP contribution in [-0.2, 0) is 0 Å². The molecule has 1 aromatic heterocycles. The minimum absolute atomic E-state index is 0.505. The molecule has 0 saturated carbocycles. The summed E-state index contributed by atoms with van der Waals surface area (Å²) in [6.07, 6.45) is 7.17. The number of hydrogen-bond donors (Lipinski definition) is 1. The lowest BCUT2D eigenvalue weighted by Crippen LogP contribution is -2.20. The van der Waals surface area contributed by atoms with E-state index < -0.39 is 0 Å². The molecule has 0 bridgehead atoms. The summed E-state index contributed by atoms with van der Waals surface area (Å²) in [6, 6.07) is 11.1. The predicted molar refractivity (Wildman–Crippen MR) is 71.0 cm³/mol. The van der Waals surface area contributed by atoms with Crippen LogP contribution in [-0.4, -0.2) is 11.5 Å². The van der Waals surface area contributed by atoms with Gasteiger partial charge in [0.05, 0.1) is 5.52 Å². The molecule has 1 fully saturated rings. The van der Waals surface area contributed by atoms with Crippen LogP contribution in [0.15, 0.2) is 36.5 Å². The van der Waals surface area contributed by atoms with Crippen molar-refractivity contribution in [1.29, 1.82) is 0 Å². The van der Waals surface area contributed by atoms with Crippen molar-refractivity contribution >= 4 is 10.9 Å². The number of nitrogens with zero attached hydrogens (tertiary/aromatic N) is 1. The first-order valence-corrected chi connectivity index (χ1v) is 6.52. The highest BCUT2D eigenvalue weighted by Crippen LogP contribution is 2.27. The molecule has 0 amide bonds. The maximum absolute atomic E-state index is 4.43. The van der Waals surface area contributed by atoms with E-state index in [1.54, 1.807) is 0 Å². The van der Waals surface area contributed by atoms with E-state index in [1.165, 1.54) is 36.6 Å². The third-order valence-electron chi connectivity index (χ3n) is 3.62. The van der Waals surface area contributed by atoms with Gasteiger partial charge >= 0.3 is 0 Å². The van der Waals surface area contributed by atoms with Crippen LogP contribution in [0.3, 0.4) is 0 Å². The second kappa shape index (κ2) is 4.84. The van der Waals surface area contributed by atoms with Gasteiger partial charge in [-0.2, -0.15) is 0 Å². The standard InChI is InChI=1S/C15H18N2/c1-2-7-15(16-10-5-1)13-9-11-17-14-8-4-3-6-12(13)14/h3-4,6,8-9,11,15-16H,1-2,5,7,10H2. The Kier molecular flexibility index (Phi) is 3.06. The number of nitrogens with one attached hydrogen (secondary N) is 1. The highest BCUT2D eigenvalue weighted by Gasteiger charge is 2.15. The van der Waals surface area contributed by atoms with Gasteiger partial charge in [0.1, 0.15) is 0 Å². The molecule has 1 aliphatic rings. The summed E-state index contributed by atoms with van der Waals surface area (Å²) in [5.74, 6) is 0. The molecule has 2 heterocycles. The van der Waals surface area contributed by atoms with Crippen LogP contribution >= 0.6 is 0 Å². The molecule has 2 nitrogen and oxygen atoms in total. The van der Waals surface area contributed by atoms with Crippen molar-refractivity contribution in [2.24, 2.45) is 0 Å². The molecule has 3 rings (SSSR count). The highest BCUT2D eigenvalue weighted by atomic mass is 14.9. The number of hydrogen-bond acceptors (Lipinski definition) is 2. The molecular weight excluding hydrogens is 208 g/mol. The van der Waals surface area contributed by atoms with Crippen LogP contribution in [0, 0.1) is 0 Å². The first-order valence-electron chi connectivity index (χ1n) is 6.52. The number of para-hydroxylation sites is 1. The van der Waals surface area contributed by atoms with Crippen molar-refractivity contribution in [1.82, 2.24) is 10.3 Å². The van der Waals surface area contributed by atoms with E-state index in [9.17, 15) is 0 Å². The third kappa shape index (κ3) is 2.18. The molecule has 1 saturated heterocycles. The monoisotopic (exact) mass is 226 g/mol. The molecule has 17 heavy (non-hydrogen) atoms. The number of pyridine rings is 1. The first-order chi connectivity index (χ1) is 8.45. The number of fused-ring (bicyclic) bond motifs is 1. The summed E-state index contributed by atoms with van der Waals surface area (Å²) in [5, 5.41) is 4.96. The van der Waals surface area contributed by atoms with Gasteiger partial charge in [0.2, 0.25) is 0 Å². The van der Waals surface area contributed by atoms with Gasteiger partial charge in [-0.1, -0.05) is 31.0 Å². The van der Waals surface area contributed by atoms with Gasteiger partial charge in [0, 0.05) is 17.6 Å². The summed E-state index contributed by atoms with van der Waals surface area (Å²) >= 11 is 0. The van der Waals surface area contributed by atoms with Crippen LogP contribution in [0.1, 0.15) is 37.3 Å². The van der Waals surface area contributed by atoms with E-state index in [-0.39, 0.29) is 0 Å². The maximum atomic E-state index is 4.43. The lowest BCUT2D eigenvalue weighted by atomic mass is 9.98. The van der Waals surface area contributed by atoms with Crippen molar-refractivity contribution in [3.05, 3.63) is 42.1 Å². The smallest absolute Gasteiger partial charge is 0.0705 e. The second-order valence-corrected chi connectivity index (χ2v) is 4.77. The fourth-order valence-electron chi connectivity index (χ4n) is 2.72. The van der Waals surface area contributed by atoms with Gasteiger partial charge in [-0.3, -0.25) is 4.98 Å². The molecule has 1 N–H and O–H groups in total. The predicted octanol–water partition coefficient (Wildman–Crippen LogP) is 3.44. The molecule has 0 spiro atoms. The van der Waals surface area contributed by atoms with Gasteiger partial charge in [0.25, 0.3) is 0 Å². The minimum Gasteiger partial charge on any atom is -0.310 e. The molecule has 0 radical (unpaired) electrons. The van der Waals surface area contributed by atoms with E-state index >= 15 is 0 Å². The van der Waals surface area contributed by atoms with E-state index in [2.05, 4.69) is 40.6 Å². The average molecular weight is 226 g/mol. The fraction of sp³-hybridized carbons (Fsp3) is 0.400. The average Bonchev–Trinajstić information content (AvgIpc) is 2.67. The molecule has 2 aromatic rings. The largest absolute Gasteiger partial charge is 0.310 e. The summed E-state index contributed by atoms with van der Waals surface area (Å²) in [5.41, 5.74) is 2.52. The minimum atomic E-state index is 0.505. The van der Waals surface area contributed by atoms with E-state index in [0.29, 0.717) is 6.04 Å². The quantitative estimate of drug-likeness (QED) is 0.805. The van der Waals surface area contributed by atoms with Crippen molar-refractivity contribution < 1.29 is 0 Å². The Morgan fingerprint density at radius 3 is 3.00 bits per heavy atom. The topological polar surface area (TPSA) is 24.9 Å². The van der Waals surface area contributed by atoms with Crippen molar-refractivity contribution in [3.8, 4) is 0 Å². The SMILES string of the molecule is c1ccc2c(C3CCCCCN3)ccnc2c1. The van der Waals surface area contributed by atoms with E-state index in [1.807, 2.05) is 6.20 Å². The lowest BCUT2D eigenvalue weighted by molar-refractivity contribution is 0.538. The summed E-state index contributed by atoms with van der Waals surface area (Å²) < 4.78 is 0. The van der Waals surface area contributed by atoms with Crippen LogP contribution in [0.2, 0.25) is 0 Å². The summed E-state index contributed by atoms with van der Waals surface area (Å²) in [6.45, 7) is 1.14. The molecule has 88 valence electrons. The zero-order valence-electron chi connectivity index (χ0n) is 10.0. The summed E-state index contributed by atoms with van der Waals surface area (Å²) in [7, 11) is 0. The van der Waals surface area contributed by atoms with Gasteiger partial charge in [-0.15, -0.1) is 0 Å². The van der Waals surface area contributed by atoms with Gasteiger partial charge in [-0.05, 0) is 37.1 Å². The first kappa shape index (κ1) is 10.7. The van der Waals surface area contributed by atoms with E-state index in [4.69, 9.17) is 0 Å². The molecule has 1 unspecified atom stereocenters. The molecule has 1 atom stereocenters. The maximum Gasteiger partial charge on any atom is 0.0705 e. The van der Waals surface area contributed by atoms with Crippen LogP contribution < -0.4 is 5.32 Å². The van der Waals surface area contributed by atoms with Crippen molar-refractivity contribution in [2.75, 3.05) is 6.54 Å². The van der Waals surface area contributed by atoms with Crippen LogP contribution in [0.5, 0.6) is 0 Å². The van der Waals surface area contributed by atoms with Gasteiger partial charge in [-0.25, -0.2) is 0 Å². The Morgan fingerprint density at radius 2 is 2.00 bits per heavy atom. The zero-order valence-corrected chi connectivity index (χ0v) is 10.0. The highest BCUT2D eigenvalue weighted by molar-refractivity contribution is 5.82. The number of rotatable bonds is 1.